The molecule has 2 heteroatoms. The number of hydrogen-bond acceptors (Lipinski definition) is 2. The molecule has 1 aliphatic rings. The van der Waals surface area contributed by atoms with Gasteiger partial charge in [-0.1, -0.05) is 26.0 Å². The molecule has 1 atom stereocenters. The van der Waals surface area contributed by atoms with Crippen molar-refractivity contribution < 1.29 is 0 Å². The van der Waals surface area contributed by atoms with Crippen molar-refractivity contribution in [2.24, 2.45) is 5.92 Å². The SMILES string of the molecule is CC(C)C(C)Nc1ccc(CN2CCCC2)cc1. The molecule has 1 saturated heterocycles. The monoisotopic (exact) mass is 246 g/mol. The molecule has 1 aliphatic heterocycles. The van der Waals surface area contributed by atoms with E-state index in [1.807, 2.05) is 0 Å². The number of nitrogens with zero attached hydrogens (tertiary/aromatic N) is 1. The largest absolute Gasteiger partial charge is 0.382 e. The minimum absolute atomic E-state index is 0.523. The van der Waals surface area contributed by atoms with Gasteiger partial charge in [-0.25, -0.2) is 0 Å². The molecule has 2 rings (SSSR count). The first-order chi connectivity index (χ1) is 8.65. The first-order valence-corrected chi connectivity index (χ1v) is 7.23. The molecule has 0 spiro atoms. The fourth-order valence-corrected chi connectivity index (χ4v) is 2.33. The van der Waals surface area contributed by atoms with Crippen molar-refractivity contribution in [3.63, 3.8) is 0 Å². The van der Waals surface area contributed by atoms with Crippen LogP contribution in [0.3, 0.4) is 0 Å². The Hall–Kier alpha value is -1.02. The van der Waals surface area contributed by atoms with Crippen molar-refractivity contribution in [2.75, 3.05) is 18.4 Å². The number of hydrogen-bond donors (Lipinski definition) is 1. The highest BCUT2D eigenvalue weighted by atomic mass is 15.1. The van der Waals surface area contributed by atoms with Crippen LogP contribution in [0, 0.1) is 5.92 Å². The van der Waals surface area contributed by atoms with E-state index in [1.165, 1.54) is 37.2 Å². The molecule has 0 amide bonds. The van der Waals surface area contributed by atoms with E-state index in [1.54, 1.807) is 0 Å². The van der Waals surface area contributed by atoms with Gasteiger partial charge in [0.15, 0.2) is 0 Å². The van der Waals surface area contributed by atoms with E-state index in [0.717, 1.165) is 6.54 Å². The molecule has 2 nitrogen and oxygen atoms in total. The van der Waals surface area contributed by atoms with Crippen LogP contribution < -0.4 is 5.32 Å². The Morgan fingerprint density at radius 3 is 2.22 bits per heavy atom. The van der Waals surface area contributed by atoms with E-state index >= 15 is 0 Å². The molecule has 100 valence electrons. The number of rotatable bonds is 5. The average Bonchev–Trinajstić information content (AvgIpc) is 2.84. The summed E-state index contributed by atoms with van der Waals surface area (Å²) in [5.41, 5.74) is 2.67. The molecule has 1 aromatic carbocycles. The van der Waals surface area contributed by atoms with Crippen LogP contribution in [-0.4, -0.2) is 24.0 Å². The molecular weight excluding hydrogens is 220 g/mol. The van der Waals surface area contributed by atoms with E-state index in [9.17, 15) is 0 Å². The summed E-state index contributed by atoms with van der Waals surface area (Å²) in [6, 6.07) is 9.46. The summed E-state index contributed by atoms with van der Waals surface area (Å²) >= 11 is 0. The van der Waals surface area contributed by atoms with Gasteiger partial charge in [-0.05, 0) is 56.5 Å². The molecule has 1 unspecified atom stereocenters. The molecule has 0 saturated carbocycles. The summed E-state index contributed by atoms with van der Waals surface area (Å²) in [7, 11) is 0. The zero-order chi connectivity index (χ0) is 13.0. The van der Waals surface area contributed by atoms with Crippen LogP contribution in [0.15, 0.2) is 24.3 Å². The van der Waals surface area contributed by atoms with Gasteiger partial charge in [-0.3, -0.25) is 4.90 Å². The number of benzene rings is 1. The lowest BCUT2D eigenvalue weighted by atomic mass is 10.1. The lowest BCUT2D eigenvalue weighted by Gasteiger charge is -2.19. The third-order valence-electron chi connectivity index (χ3n) is 3.95. The first-order valence-electron chi connectivity index (χ1n) is 7.23. The molecule has 1 aromatic rings. The molecule has 1 heterocycles. The Morgan fingerprint density at radius 2 is 1.67 bits per heavy atom. The maximum Gasteiger partial charge on any atom is 0.0342 e. The highest BCUT2D eigenvalue weighted by Gasteiger charge is 2.11. The van der Waals surface area contributed by atoms with E-state index < -0.39 is 0 Å². The summed E-state index contributed by atoms with van der Waals surface area (Å²) in [6.45, 7) is 10.4. The maximum absolute atomic E-state index is 3.55. The predicted octanol–water partition coefficient (Wildman–Crippen LogP) is 3.74. The van der Waals surface area contributed by atoms with Gasteiger partial charge in [0.1, 0.15) is 0 Å². The van der Waals surface area contributed by atoms with Crippen LogP contribution in [0.4, 0.5) is 5.69 Å². The first kappa shape index (κ1) is 13.4. The summed E-state index contributed by atoms with van der Waals surface area (Å²) in [6.07, 6.45) is 2.73. The third-order valence-corrected chi connectivity index (χ3v) is 3.95. The molecule has 0 radical (unpaired) electrons. The third kappa shape index (κ3) is 3.74. The zero-order valence-corrected chi connectivity index (χ0v) is 11.9. The van der Waals surface area contributed by atoms with Crippen LogP contribution in [0.5, 0.6) is 0 Å². The van der Waals surface area contributed by atoms with Gasteiger partial charge in [-0.2, -0.15) is 0 Å². The lowest BCUT2D eigenvalue weighted by Crippen LogP contribution is -2.21. The van der Waals surface area contributed by atoms with E-state index in [2.05, 4.69) is 55.3 Å². The van der Waals surface area contributed by atoms with Crippen LogP contribution in [-0.2, 0) is 6.54 Å². The molecule has 18 heavy (non-hydrogen) atoms. The minimum Gasteiger partial charge on any atom is -0.382 e. The Kier molecular flexibility index (Phi) is 4.65. The van der Waals surface area contributed by atoms with E-state index in [-0.39, 0.29) is 0 Å². The van der Waals surface area contributed by atoms with Crippen molar-refractivity contribution >= 4 is 5.69 Å². The molecule has 1 N–H and O–H groups in total. The van der Waals surface area contributed by atoms with Gasteiger partial charge in [-0.15, -0.1) is 0 Å². The lowest BCUT2D eigenvalue weighted by molar-refractivity contribution is 0.331. The van der Waals surface area contributed by atoms with E-state index in [4.69, 9.17) is 0 Å². The Bertz CT molecular complexity index is 327. The molecule has 1 fully saturated rings. The van der Waals surface area contributed by atoms with Gasteiger partial charge >= 0.3 is 0 Å². The number of likely N-dealkylation sites (tertiary alicyclic amines) is 1. The van der Waals surface area contributed by atoms with Crippen LogP contribution >= 0.6 is 0 Å². The Morgan fingerprint density at radius 1 is 1.06 bits per heavy atom. The van der Waals surface area contributed by atoms with Crippen molar-refractivity contribution in [1.29, 1.82) is 0 Å². The van der Waals surface area contributed by atoms with Gasteiger partial charge in [0.2, 0.25) is 0 Å². The van der Waals surface area contributed by atoms with Gasteiger partial charge in [0, 0.05) is 18.3 Å². The van der Waals surface area contributed by atoms with Crippen molar-refractivity contribution in [1.82, 2.24) is 4.90 Å². The molecular formula is C16H26N2. The zero-order valence-electron chi connectivity index (χ0n) is 11.9. The van der Waals surface area contributed by atoms with Crippen LogP contribution in [0.1, 0.15) is 39.2 Å². The van der Waals surface area contributed by atoms with Crippen LogP contribution in [0.25, 0.3) is 0 Å². The molecule has 0 aromatic heterocycles. The summed E-state index contributed by atoms with van der Waals surface area (Å²) < 4.78 is 0. The fourth-order valence-electron chi connectivity index (χ4n) is 2.33. The number of nitrogens with one attached hydrogen (secondary N) is 1. The Balaban J connectivity index is 1.88. The summed E-state index contributed by atoms with van der Waals surface area (Å²) in [4.78, 5) is 2.54. The van der Waals surface area contributed by atoms with Gasteiger partial charge < -0.3 is 5.32 Å². The highest BCUT2D eigenvalue weighted by Crippen LogP contribution is 2.16. The van der Waals surface area contributed by atoms with Gasteiger partial charge in [0.05, 0.1) is 0 Å². The second kappa shape index (κ2) is 6.24. The van der Waals surface area contributed by atoms with Crippen molar-refractivity contribution in [3.8, 4) is 0 Å². The minimum atomic E-state index is 0.523. The fraction of sp³-hybridized carbons (Fsp3) is 0.625. The topological polar surface area (TPSA) is 15.3 Å². The Labute approximate surface area is 111 Å². The smallest absolute Gasteiger partial charge is 0.0342 e. The van der Waals surface area contributed by atoms with E-state index in [0.29, 0.717) is 12.0 Å². The average molecular weight is 246 g/mol. The van der Waals surface area contributed by atoms with Crippen LogP contribution in [0.2, 0.25) is 0 Å². The number of anilines is 1. The summed E-state index contributed by atoms with van der Waals surface area (Å²) in [5, 5.41) is 3.55. The summed E-state index contributed by atoms with van der Waals surface area (Å²) in [5.74, 6) is 0.661. The molecule has 0 aliphatic carbocycles. The second-order valence-corrected chi connectivity index (χ2v) is 5.86. The standard InChI is InChI=1S/C16H26N2/c1-13(2)14(3)17-16-8-6-15(7-9-16)12-18-10-4-5-11-18/h6-9,13-14,17H,4-5,10-12H2,1-3H3. The molecule has 0 bridgehead atoms. The van der Waals surface area contributed by atoms with Gasteiger partial charge in [0.25, 0.3) is 0 Å². The maximum atomic E-state index is 3.55. The highest BCUT2D eigenvalue weighted by molar-refractivity contribution is 5.45. The van der Waals surface area contributed by atoms with Crippen molar-refractivity contribution in [3.05, 3.63) is 29.8 Å². The van der Waals surface area contributed by atoms with Crippen molar-refractivity contribution in [2.45, 2.75) is 46.2 Å². The predicted molar refractivity (Wildman–Crippen MR) is 78.9 cm³/mol. The quantitative estimate of drug-likeness (QED) is 0.851. The normalized spacial score (nSPS) is 18.2. The second-order valence-electron chi connectivity index (χ2n) is 5.86.